The van der Waals surface area contributed by atoms with Gasteiger partial charge in [-0.25, -0.2) is 9.37 Å². The highest BCUT2D eigenvalue weighted by Gasteiger charge is 2.14. The van der Waals surface area contributed by atoms with Crippen LogP contribution in [0.25, 0.3) is 0 Å². The van der Waals surface area contributed by atoms with Crippen LogP contribution in [0.15, 0.2) is 23.6 Å². The lowest BCUT2D eigenvalue weighted by atomic mass is 10.0. The van der Waals surface area contributed by atoms with Crippen LogP contribution in [0.3, 0.4) is 0 Å². The maximum atomic E-state index is 13.8. The van der Waals surface area contributed by atoms with E-state index in [-0.39, 0.29) is 11.9 Å². The van der Waals surface area contributed by atoms with Gasteiger partial charge in [-0.05, 0) is 44.0 Å². The van der Waals surface area contributed by atoms with Crippen LogP contribution < -0.4 is 5.32 Å². The van der Waals surface area contributed by atoms with Crippen molar-refractivity contribution >= 4 is 11.3 Å². The summed E-state index contributed by atoms with van der Waals surface area (Å²) >= 11 is 1.66. The van der Waals surface area contributed by atoms with Gasteiger partial charge in [0.05, 0.1) is 10.7 Å². The average molecular weight is 292 g/mol. The van der Waals surface area contributed by atoms with Gasteiger partial charge in [0.1, 0.15) is 5.82 Å². The summed E-state index contributed by atoms with van der Waals surface area (Å²) in [6.07, 6.45) is 1.85. The van der Waals surface area contributed by atoms with Gasteiger partial charge in [0.2, 0.25) is 0 Å². The lowest BCUT2D eigenvalue weighted by Crippen LogP contribution is -2.24. The van der Waals surface area contributed by atoms with Gasteiger partial charge in [-0.2, -0.15) is 0 Å². The summed E-state index contributed by atoms with van der Waals surface area (Å²) in [5, 5.41) is 6.65. The molecule has 0 aliphatic rings. The van der Waals surface area contributed by atoms with Gasteiger partial charge in [-0.3, -0.25) is 0 Å². The van der Waals surface area contributed by atoms with E-state index in [0.29, 0.717) is 5.56 Å². The lowest BCUT2D eigenvalue weighted by molar-refractivity contribution is 0.519. The Balaban J connectivity index is 2.19. The average Bonchev–Trinajstić information content (AvgIpc) is 2.83. The quantitative estimate of drug-likeness (QED) is 0.864. The molecule has 1 unspecified atom stereocenters. The molecule has 0 saturated heterocycles. The van der Waals surface area contributed by atoms with Crippen LogP contribution in [0.2, 0.25) is 0 Å². The number of thiazole rings is 1. The molecular weight excluding hydrogens is 271 g/mol. The van der Waals surface area contributed by atoms with E-state index in [1.54, 1.807) is 24.3 Å². The number of nitrogens with zero attached hydrogens (tertiary/aromatic N) is 1. The summed E-state index contributed by atoms with van der Waals surface area (Å²) in [6.45, 7) is 6.85. The minimum absolute atomic E-state index is 0.117. The first kappa shape index (κ1) is 15.1. The van der Waals surface area contributed by atoms with Crippen molar-refractivity contribution in [3.63, 3.8) is 0 Å². The largest absolute Gasteiger partial charge is 0.310 e. The smallest absolute Gasteiger partial charge is 0.126 e. The molecule has 0 saturated carbocycles. The van der Waals surface area contributed by atoms with Gasteiger partial charge in [-0.1, -0.05) is 19.1 Å². The van der Waals surface area contributed by atoms with Crippen LogP contribution >= 0.6 is 11.3 Å². The minimum Gasteiger partial charge on any atom is -0.310 e. The van der Waals surface area contributed by atoms with Gasteiger partial charge in [0, 0.05) is 17.8 Å². The van der Waals surface area contributed by atoms with E-state index in [0.717, 1.165) is 35.7 Å². The van der Waals surface area contributed by atoms with Crippen LogP contribution in [0.4, 0.5) is 4.39 Å². The van der Waals surface area contributed by atoms with Gasteiger partial charge in [0.25, 0.3) is 0 Å². The van der Waals surface area contributed by atoms with E-state index in [2.05, 4.69) is 22.6 Å². The molecule has 0 aliphatic carbocycles. The van der Waals surface area contributed by atoms with E-state index >= 15 is 0 Å². The van der Waals surface area contributed by atoms with Gasteiger partial charge >= 0.3 is 0 Å². The summed E-state index contributed by atoms with van der Waals surface area (Å²) in [4.78, 5) is 4.51. The molecule has 1 aromatic carbocycles. The van der Waals surface area contributed by atoms with Crippen molar-refractivity contribution < 1.29 is 4.39 Å². The molecule has 1 atom stereocenters. The molecule has 1 aromatic heterocycles. The number of aromatic nitrogens is 1. The minimum atomic E-state index is -0.139. The second-order valence-electron chi connectivity index (χ2n) is 5.08. The second kappa shape index (κ2) is 6.95. The van der Waals surface area contributed by atoms with Crippen LogP contribution in [-0.2, 0) is 6.42 Å². The first-order valence-corrected chi connectivity index (χ1v) is 7.88. The molecule has 4 heteroatoms. The normalized spacial score (nSPS) is 12.6. The number of halogens is 1. The van der Waals surface area contributed by atoms with Crippen molar-refractivity contribution in [2.45, 2.75) is 39.7 Å². The number of hydrogen-bond donors (Lipinski definition) is 1. The topological polar surface area (TPSA) is 24.9 Å². The van der Waals surface area contributed by atoms with E-state index in [9.17, 15) is 4.39 Å². The van der Waals surface area contributed by atoms with E-state index < -0.39 is 0 Å². The second-order valence-corrected chi connectivity index (χ2v) is 6.14. The molecule has 108 valence electrons. The Labute approximate surface area is 124 Å². The molecule has 2 nitrogen and oxygen atoms in total. The van der Waals surface area contributed by atoms with Crippen LogP contribution in [0, 0.1) is 19.7 Å². The van der Waals surface area contributed by atoms with E-state index in [1.807, 2.05) is 19.1 Å². The molecule has 0 spiro atoms. The van der Waals surface area contributed by atoms with Crippen molar-refractivity contribution in [3.05, 3.63) is 51.2 Å². The van der Waals surface area contributed by atoms with Crippen LogP contribution in [-0.4, -0.2) is 11.5 Å². The Hall–Kier alpha value is -1.26. The first-order chi connectivity index (χ1) is 9.60. The molecular formula is C16H21FN2S. The molecule has 1 heterocycles. The van der Waals surface area contributed by atoms with E-state index in [4.69, 9.17) is 0 Å². The Morgan fingerprint density at radius 1 is 1.35 bits per heavy atom. The van der Waals surface area contributed by atoms with Gasteiger partial charge in [-0.15, -0.1) is 11.3 Å². The Morgan fingerprint density at radius 2 is 2.15 bits per heavy atom. The summed E-state index contributed by atoms with van der Waals surface area (Å²) in [7, 11) is 0. The van der Waals surface area contributed by atoms with Crippen molar-refractivity contribution in [3.8, 4) is 0 Å². The first-order valence-electron chi connectivity index (χ1n) is 7.00. The summed E-state index contributed by atoms with van der Waals surface area (Å²) in [6, 6.07) is 5.61. The fourth-order valence-corrected chi connectivity index (χ4v) is 2.79. The molecule has 2 rings (SSSR count). The Morgan fingerprint density at radius 3 is 2.75 bits per heavy atom. The highest BCUT2D eigenvalue weighted by atomic mass is 32.1. The standard InChI is InChI=1S/C16H21FN2S/c1-4-7-18-16(9-14-10-20-12(3)19-14)13-6-5-11(2)15(17)8-13/h5-6,8,10,16,18H,4,7,9H2,1-3H3. The van der Waals surface area contributed by atoms with Crippen molar-refractivity contribution in [1.29, 1.82) is 0 Å². The van der Waals surface area contributed by atoms with Gasteiger partial charge in [0.15, 0.2) is 0 Å². The number of nitrogens with one attached hydrogen (secondary N) is 1. The van der Waals surface area contributed by atoms with Crippen molar-refractivity contribution in [2.24, 2.45) is 0 Å². The van der Waals surface area contributed by atoms with Crippen molar-refractivity contribution in [1.82, 2.24) is 10.3 Å². The zero-order chi connectivity index (χ0) is 14.5. The predicted octanol–water partition coefficient (Wildman–Crippen LogP) is 4.18. The van der Waals surface area contributed by atoms with Gasteiger partial charge < -0.3 is 5.32 Å². The molecule has 1 N–H and O–H groups in total. The maximum Gasteiger partial charge on any atom is 0.126 e. The number of benzene rings is 1. The van der Waals surface area contributed by atoms with E-state index in [1.165, 1.54) is 0 Å². The molecule has 0 fully saturated rings. The number of hydrogen-bond acceptors (Lipinski definition) is 3. The fourth-order valence-electron chi connectivity index (χ4n) is 2.16. The zero-order valence-electron chi connectivity index (χ0n) is 12.2. The number of aryl methyl sites for hydroxylation is 2. The third-order valence-corrected chi connectivity index (χ3v) is 4.14. The summed E-state index contributed by atoms with van der Waals surface area (Å²) in [5.74, 6) is -0.139. The maximum absolute atomic E-state index is 13.8. The Kier molecular flexibility index (Phi) is 5.26. The lowest BCUT2D eigenvalue weighted by Gasteiger charge is -2.18. The molecule has 0 aliphatic heterocycles. The SMILES string of the molecule is CCCNC(Cc1csc(C)n1)c1ccc(C)c(F)c1. The molecule has 0 amide bonds. The Bertz CT molecular complexity index is 565. The predicted molar refractivity (Wildman–Crippen MR) is 82.7 cm³/mol. The monoisotopic (exact) mass is 292 g/mol. The number of rotatable bonds is 6. The van der Waals surface area contributed by atoms with Crippen molar-refractivity contribution in [2.75, 3.05) is 6.54 Å². The zero-order valence-corrected chi connectivity index (χ0v) is 13.1. The molecule has 0 radical (unpaired) electrons. The fraction of sp³-hybridized carbons (Fsp3) is 0.438. The summed E-state index contributed by atoms with van der Waals surface area (Å²) < 4.78 is 13.8. The molecule has 20 heavy (non-hydrogen) atoms. The highest BCUT2D eigenvalue weighted by Crippen LogP contribution is 2.22. The molecule has 0 bridgehead atoms. The summed E-state index contributed by atoms with van der Waals surface area (Å²) in [5.41, 5.74) is 2.75. The highest BCUT2D eigenvalue weighted by molar-refractivity contribution is 7.09. The van der Waals surface area contributed by atoms with Crippen LogP contribution in [0.5, 0.6) is 0 Å². The third-order valence-electron chi connectivity index (χ3n) is 3.32. The third kappa shape index (κ3) is 3.87. The van der Waals surface area contributed by atoms with Crippen LogP contribution in [0.1, 0.15) is 41.2 Å². The molecule has 2 aromatic rings.